The lowest BCUT2D eigenvalue weighted by atomic mass is 9.89. The Bertz CT molecular complexity index is 1070. The minimum absolute atomic E-state index is 0.126. The van der Waals surface area contributed by atoms with Gasteiger partial charge in [-0.3, -0.25) is 4.98 Å². The number of nitrogens with one attached hydrogen (secondary N) is 1. The van der Waals surface area contributed by atoms with E-state index in [9.17, 15) is 0 Å². The van der Waals surface area contributed by atoms with E-state index in [0.717, 1.165) is 40.4 Å². The van der Waals surface area contributed by atoms with Crippen molar-refractivity contribution < 1.29 is 4.74 Å². The highest BCUT2D eigenvalue weighted by Crippen LogP contribution is 2.33. The summed E-state index contributed by atoms with van der Waals surface area (Å²) in [7, 11) is 0. The average molecular weight is 389 g/mol. The van der Waals surface area contributed by atoms with Crippen molar-refractivity contribution >= 4 is 26.7 Å². The van der Waals surface area contributed by atoms with Crippen LogP contribution in [0, 0.1) is 6.92 Å². The first-order chi connectivity index (χ1) is 13.7. The van der Waals surface area contributed by atoms with Gasteiger partial charge in [-0.15, -0.1) is 0 Å². The van der Waals surface area contributed by atoms with Crippen LogP contribution in [0.2, 0.25) is 0 Å². The van der Waals surface area contributed by atoms with Crippen LogP contribution in [0.1, 0.15) is 18.5 Å². The minimum atomic E-state index is 0.126. The fourth-order valence-corrected chi connectivity index (χ4v) is 4.21. The van der Waals surface area contributed by atoms with Crippen LogP contribution in [0.4, 0.5) is 5.13 Å². The van der Waals surface area contributed by atoms with Gasteiger partial charge in [0.25, 0.3) is 0 Å². The molecule has 1 saturated carbocycles. The molecule has 0 spiro atoms. The lowest BCUT2D eigenvalue weighted by molar-refractivity contribution is 0.103. The average Bonchev–Trinajstić information content (AvgIpc) is 3.10. The molecule has 0 bridgehead atoms. The van der Waals surface area contributed by atoms with Gasteiger partial charge in [0.1, 0.15) is 11.8 Å². The molecule has 0 aliphatic heterocycles. The van der Waals surface area contributed by atoms with Gasteiger partial charge in [-0.05, 0) is 31.2 Å². The molecule has 5 rings (SSSR count). The number of pyridine rings is 1. The maximum Gasteiger partial charge on any atom is 0.240 e. The third-order valence-electron chi connectivity index (χ3n) is 4.84. The molecule has 0 atom stereocenters. The third-order valence-corrected chi connectivity index (χ3v) is 5.81. The Hall–Kier alpha value is -3.06. The molecule has 1 aromatic carbocycles. The lowest BCUT2D eigenvalue weighted by Crippen LogP contribution is -2.42. The smallest absolute Gasteiger partial charge is 0.240 e. The number of aromatic nitrogens is 4. The Morgan fingerprint density at radius 3 is 2.71 bits per heavy atom. The van der Waals surface area contributed by atoms with E-state index in [0.29, 0.717) is 11.9 Å². The zero-order chi connectivity index (χ0) is 18.9. The molecule has 28 heavy (non-hydrogen) atoms. The van der Waals surface area contributed by atoms with Gasteiger partial charge >= 0.3 is 0 Å². The van der Waals surface area contributed by atoms with Crippen LogP contribution in [0.15, 0.2) is 55.0 Å². The molecule has 0 amide bonds. The van der Waals surface area contributed by atoms with Crippen molar-refractivity contribution in [3.63, 3.8) is 0 Å². The van der Waals surface area contributed by atoms with E-state index in [1.165, 1.54) is 4.70 Å². The molecule has 1 aliphatic carbocycles. The van der Waals surface area contributed by atoms with Crippen LogP contribution in [-0.2, 0) is 0 Å². The van der Waals surface area contributed by atoms with Crippen molar-refractivity contribution in [2.24, 2.45) is 0 Å². The molecule has 1 N–H and O–H groups in total. The number of fused-ring (bicyclic) bond motifs is 1. The molecule has 0 radical (unpaired) electrons. The number of thiazole rings is 1. The van der Waals surface area contributed by atoms with Gasteiger partial charge in [0.15, 0.2) is 5.13 Å². The highest BCUT2D eigenvalue weighted by atomic mass is 32.1. The van der Waals surface area contributed by atoms with Crippen LogP contribution in [0.3, 0.4) is 0 Å². The predicted molar refractivity (Wildman–Crippen MR) is 111 cm³/mol. The normalized spacial score (nSPS) is 18.6. The van der Waals surface area contributed by atoms with Crippen LogP contribution in [0.5, 0.6) is 5.88 Å². The summed E-state index contributed by atoms with van der Waals surface area (Å²) in [6.07, 6.45) is 7.11. The fraction of sp³-hybridized carbons (Fsp3) is 0.238. The van der Waals surface area contributed by atoms with Crippen molar-refractivity contribution in [2.45, 2.75) is 31.9 Å². The van der Waals surface area contributed by atoms with E-state index >= 15 is 0 Å². The van der Waals surface area contributed by atoms with Crippen molar-refractivity contribution in [1.29, 1.82) is 0 Å². The molecular weight excluding hydrogens is 370 g/mol. The molecule has 3 heterocycles. The summed E-state index contributed by atoms with van der Waals surface area (Å²) < 4.78 is 7.34. The Morgan fingerprint density at radius 2 is 1.89 bits per heavy atom. The molecule has 3 aromatic heterocycles. The molecule has 0 unspecified atom stereocenters. The van der Waals surface area contributed by atoms with Gasteiger partial charge in [0, 0.05) is 48.7 Å². The number of hydrogen-bond acceptors (Lipinski definition) is 7. The number of ether oxygens (including phenoxy) is 1. The molecular formula is C21H19N5OS. The Balaban J connectivity index is 1.23. The molecule has 1 aliphatic rings. The number of benzene rings is 1. The molecule has 1 fully saturated rings. The molecule has 0 saturated heterocycles. The van der Waals surface area contributed by atoms with Gasteiger partial charge in [-0.25, -0.2) is 15.0 Å². The fourth-order valence-electron chi connectivity index (χ4n) is 3.26. The van der Waals surface area contributed by atoms with Crippen LogP contribution in [0.25, 0.3) is 21.5 Å². The summed E-state index contributed by atoms with van der Waals surface area (Å²) in [6, 6.07) is 12.5. The third kappa shape index (κ3) is 3.41. The van der Waals surface area contributed by atoms with Crippen LogP contribution in [-0.4, -0.2) is 32.1 Å². The first-order valence-corrected chi connectivity index (χ1v) is 10.1. The molecule has 4 aromatic rings. The van der Waals surface area contributed by atoms with Crippen LogP contribution < -0.4 is 10.1 Å². The molecule has 140 valence electrons. The van der Waals surface area contributed by atoms with Crippen LogP contribution >= 0.6 is 11.3 Å². The summed E-state index contributed by atoms with van der Waals surface area (Å²) in [5, 5.41) is 4.49. The summed E-state index contributed by atoms with van der Waals surface area (Å²) >= 11 is 1.69. The number of nitrogens with zero attached hydrogens (tertiary/aromatic N) is 4. The minimum Gasteiger partial charge on any atom is -0.473 e. The van der Waals surface area contributed by atoms with Crippen molar-refractivity contribution in [3.05, 3.63) is 60.7 Å². The first-order valence-electron chi connectivity index (χ1n) is 9.27. The van der Waals surface area contributed by atoms with E-state index in [2.05, 4.69) is 31.3 Å². The molecule has 6 nitrogen and oxygen atoms in total. The van der Waals surface area contributed by atoms with Gasteiger partial charge in [0.05, 0.1) is 10.2 Å². The highest BCUT2D eigenvalue weighted by molar-refractivity contribution is 7.22. The van der Waals surface area contributed by atoms with E-state index in [4.69, 9.17) is 4.74 Å². The van der Waals surface area contributed by atoms with Gasteiger partial charge < -0.3 is 10.1 Å². The van der Waals surface area contributed by atoms with Crippen molar-refractivity contribution in [2.75, 3.05) is 5.32 Å². The maximum atomic E-state index is 6.13. The number of rotatable bonds is 5. The zero-order valence-corrected chi connectivity index (χ0v) is 16.2. The summed E-state index contributed by atoms with van der Waals surface area (Å²) in [5.74, 6) is 0.566. The molecule has 7 heteroatoms. The van der Waals surface area contributed by atoms with E-state index in [-0.39, 0.29) is 6.10 Å². The first kappa shape index (κ1) is 17.1. The zero-order valence-electron chi connectivity index (χ0n) is 15.4. The summed E-state index contributed by atoms with van der Waals surface area (Å²) in [4.78, 5) is 17.8. The van der Waals surface area contributed by atoms with E-state index in [1.54, 1.807) is 23.7 Å². The van der Waals surface area contributed by atoms with Crippen molar-refractivity contribution in [3.8, 4) is 17.1 Å². The topological polar surface area (TPSA) is 72.8 Å². The van der Waals surface area contributed by atoms with Gasteiger partial charge in [0.2, 0.25) is 5.88 Å². The maximum absolute atomic E-state index is 6.13. The Labute approximate surface area is 166 Å². The second kappa shape index (κ2) is 7.16. The Morgan fingerprint density at radius 1 is 1.04 bits per heavy atom. The Kier molecular flexibility index (Phi) is 4.37. The lowest BCUT2D eigenvalue weighted by Gasteiger charge is -2.35. The summed E-state index contributed by atoms with van der Waals surface area (Å²) in [6.45, 7) is 1.96. The standard InChI is InChI=1S/C21H19N5OS/c1-13-6-7-14(12-24-13)19-20(23-9-8-22-19)27-16-10-15(11-16)25-21-26-17-4-2-3-5-18(17)28-21/h2-9,12,15-16H,10-11H2,1H3,(H,25,26)/t15-,16-. The SMILES string of the molecule is Cc1ccc(-c2nccnc2O[C@H]2C[C@H](Nc3nc4ccccc4s3)C2)cn1. The summed E-state index contributed by atoms with van der Waals surface area (Å²) in [5.41, 5.74) is 3.66. The van der Waals surface area contributed by atoms with Gasteiger partial charge in [-0.2, -0.15) is 0 Å². The largest absolute Gasteiger partial charge is 0.473 e. The predicted octanol–water partition coefficient (Wildman–Crippen LogP) is 4.48. The van der Waals surface area contributed by atoms with E-state index < -0.39 is 0 Å². The monoisotopic (exact) mass is 389 g/mol. The van der Waals surface area contributed by atoms with E-state index in [1.807, 2.05) is 43.5 Å². The second-order valence-corrected chi connectivity index (χ2v) is 7.97. The number of aryl methyl sites for hydroxylation is 1. The quantitative estimate of drug-likeness (QED) is 0.543. The second-order valence-electron chi connectivity index (χ2n) is 6.94. The highest BCUT2D eigenvalue weighted by Gasteiger charge is 2.32. The van der Waals surface area contributed by atoms with Gasteiger partial charge in [-0.1, -0.05) is 23.5 Å². The number of hydrogen-bond donors (Lipinski definition) is 1. The number of para-hydroxylation sites is 1. The number of anilines is 1. The van der Waals surface area contributed by atoms with Crippen molar-refractivity contribution in [1.82, 2.24) is 19.9 Å².